The Bertz CT molecular complexity index is 858. The summed E-state index contributed by atoms with van der Waals surface area (Å²) in [5.74, 6) is 0.000970. The number of benzene rings is 2. The molecule has 0 saturated carbocycles. The number of hydrogen-bond acceptors (Lipinski definition) is 6. The minimum absolute atomic E-state index is 0.0937. The van der Waals surface area contributed by atoms with Crippen molar-refractivity contribution in [1.29, 1.82) is 0 Å². The summed E-state index contributed by atoms with van der Waals surface area (Å²) in [6.07, 6.45) is 0.262. The van der Waals surface area contributed by atoms with Crippen LogP contribution in [0.25, 0.3) is 0 Å². The van der Waals surface area contributed by atoms with Gasteiger partial charge in [0.05, 0.1) is 13.7 Å². The van der Waals surface area contributed by atoms with Crippen LogP contribution in [0.5, 0.6) is 5.75 Å². The lowest BCUT2D eigenvalue weighted by Gasteiger charge is -2.41. The van der Waals surface area contributed by atoms with Crippen molar-refractivity contribution >= 4 is 11.9 Å². The second-order valence-electron chi connectivity index (χ2n) is 8.52. The highest BCUT2D eigenvalue weighted by Crippen LogP contribution is 2.36. The van der Waals surface area contributed by atoms with E-state index in [-0.39, 0.29) is 25.0 Å². The van der Waals surface area contributed by atoms with Gasteiger partial charge in [-0.15, -0.1) is 0 Å². The summed E-state index contributed by atoms with van der Waals surface area (Å²) in [6.45, 7) is 7.47. The van der Waals surface area contributed by atoms with Crippen molar-refractivity contribution in [3.63, 3.8) is 0 Å². The van der Waals surface area contributed by atoms with Crippen LogP contribution in [0.1, 0.15) is 45.2 Å². The van der Waals surface area contributed by atoms with Crippen LogP contribution in [-0.2, 0) is 31.1 Å². The van der Waals surface area contributed by atoms with Crippen LogP contribution in [0.3, 0.4) is 0 Å². The largest absolute Gasteiger partial charge is 0.497 e. The van der Waals surface area contributed by atoms with E-state index in [4.69, 9.17) is 14.2 Å². The molecule has 0 amide bonds. The Morgan fingerprint density at radius 3 is 2.10 bits per heavy atom. The molecule has 0 N–H and O–H groups in total. The fourth-order valence-corrected chi connectivity index (χ4v) is 3.49. The number of likely N-dealkylation sites (N-methyl/N-ethyl adjacent to an activating group) is 1. The molecule has 2 rings (SSSR count). The first-order valence-corrected chi connectivity index (χ1v) is 10.3. The summed E-state index contributed by atoms with van der Waals surface area (Å²) in [5, 5.41) is 0. The van der Waals surface area contributed by atoms with E-state index in [1.54, 1.807) is 7.11 Å². The maximum Gasteiger partial charge on any atom is 0.331 e. The summed E-state index contributed by atoms with van der Waals surface area (Å²) >= 11 is 0. The van der Waals surface area contributed by atoms with E-state index in [2.05, 4.69) is 0 Å². The Labute approximate surface area is 185 Å². The lowest BCUT2D eigenvalue weighted by Crippen LogP contribution is -2.53. The molecule has 31 heavy (non-hydrogen) atoms. The number of rotatable bonds is 9. The van der Waals surface area contributed by atoms with Gasteiger partial charge in [0.2, 0.25) is 0 Å². The van der Waals surface area contributed by atoms with Crippen LogP contribution in [0.4, 0.5) is 0 Å². The third-order valence-corrected chi connectivity index (χ3v) is 4.99. The van der Waals surface area contributed by atoms with E-state index in [0.29, 0.717) is 6.54 Å². The Kier molecular flexibility index (Phi) is 8.22. The van der Waals surface area contributed by atoms with Crippen molar-refractivity contribution in [1.82, 2.24) is 4.90 Å². The molecule has 2 aromatic carbocycles. The quantitative estimate of drug-likeness (QED) is 0.556. The lowest BCUT2D eigenvalue weighted by atomic mass is 9.84. The molecule has 168 valence electrons. The fraction of sp³-hybridized carbons (Fsp3) is 0.440. The van der Waals surface area contributed by atoms with Gasteiger partial charge in [0.15, 0.2) is 0 Å². The zero-order valence-corrected chi connectivity index (χ0v) is 19.3. The number of carbonyl (C=O) groups excluding carboxylic acids is 2. The van der Waals surface area contributed by atoms with Crippen molar-refractivity contribution in [2.45, 2.75) is 51.8 Å². The van der Waals surface area contributed by atoms with E-state index in [1.165, 1.54) is 6.92 Å². The zero-order chi connectivity index (χ0) is 23.1. The third-order valence-electron chi connectivity index (χ3n) is 4.99. The van der Waals surface area contributed by atoms with Gasteiger partial charge in [-0.1, -0.05) is 42.5 Å². The Hall–Kier alpha value is -2.86. The SMILES string of the molecule is COc1ccc(CN(C)C(CCOC(C)=O)(C(=O)OC(C)(C)C)c2ccccc2)cc1. The molecule has 0 aromatic heterocycles. The summed E-state index contributed by atoms with van der Waals surface area (Å²) in [7, 11) is 3.51. The minimum Gasteiger partial charge on any atom is -0.497 e. The van der Waals surface area contributed by atoms with Gasteiger partial charge < -0.3 is 14.2 Å². The first kappa shape index (κ1) is 24.4. The molecule has 0 spiro atoms. The second-order valence-corrected chi connectivity index (χ2v) is 8.52. The molecule has 1 atom stereocenters. The molecule has 0 aliphatic rings. The molecule has 1 unspecified atom stereocenters. The predicted molar refractivity (Wildman–Crippen MR) is 120 cm³/mol. The minimum atomic E-state index is -1.14. The van der Waals surface area contributed by atoms with Crippen molar-refractivity contribution in [2.75, 3.05) is 20.8 Å². The summed E-state index contributed by atoms with van der Waals surface area (Å²) in [6, 6.07) is 17.2. The Morgan fingerprint density at radius 1 is 0.968 bits per heavy atom. The van der Waals surface area contributed by atoms with Gasteiger partial charge in [0.25, 0.3) is 0 Å². The van der Waals surface area contributed by atoms with E-state index >= 15 is 0 Å². The van der Waals surface area contributed by atoms with Crippen LogP contribution in [-0.4, -0.2) is 43.2 Å². The van der Waals surface area contributed by atoms with Crippen LogP contribution in [0.15, 0.2) is 54.6 Å². The number of carbonyl (C=O) groups is 2. The van der Waals surface area contributed by atoms with Gasteiger partial charge in [0.1, 0.15) is 16.9 Å². The lowest BCUT2D eigenvalue weighted by molar-refractivity contribution is -0.173. The van der Waals surface area contributed by atoms with Gasteiger partial charge in [-0.05, 0) is 51.1 Å². The Morgan fingerprint density at radius 2 is 1.58 bits per heavy atom. The van der Waals surface area contributed by atoms with Crippen LogP contribution >= 0.6 is 0 Å². The predicted octanol–water partition coefficient (Wildman–Crippen LogP) is 4.32. The maximum atomic E-state index is 13.7. The average molecular weight is 428 g/mol. The van der Waals surface area contributed by atoms with Crippen molar-refractivity contribution in [3.8, 4) is 5.75 Å². The molecule has 2 aromatic rings. The third kappa shape index (κ3) is 6.56. The number of esters is 2. The van der Waals surface area contributed by atoms with Gasteiger partial charge in [-0.3, -0.25) is 9.69 Å². The monoisotopic (exact) mass is 427 g/mol. The first-order valence-electron chi connectivity index (χ1n) is 10.3. The normalized spacial score (nSPS) is 13.4. The number of ether oxygens (including phenoxy) is 3. The molecule has 0 heterocycles. The zero-order valence-electron chi connectivity index (χ0n) is 19.3. The average Bonchev–Trinajstić information content (AvgIpc) is 2.71. The smallest absolute Gasteiger partial charge is 0.331 e. The maximum absolute atomic E-state index is 13.7. The molecule has 0 fully saturated rings. The van der Waals surface area contributed by atoms with Crippen molar-refractivity contribution in [2.24, 2.45) is 0 Å². The molecule has 0 aliphatic heterocycles. The van der Waals surface area contributed by atoms with E-state index < -0.39 is 11.1 Å². The van der Waals surface area contributed by atoms with Crippen molar-refractivity contribution < 1.29 is 23.8 Å². The van der Waals surface area contributed by atoms with E-state index in [9.17, 15) is 9.59 Å². The Balaban J connectivity index is 2.49. The van der Waals surface area contributed by atoms with Gasteiger partial charge >= 0.3 is 11.9 Å². The summed E-state index contributed by atoms with van der Waals surface area (Å²) in [4.78, 5) is 27.0. The fourth-order valence-electron chi connectivity index (χ4n) is 3.49. The summed E-state index contributed by atoms with van der Waals surface area (Å²) in [5.41, 5.74) is -0.00396. The topological polar surface area (TPSA) is 65.1 Å². The molecule has 0 bridgehead atoms. The summed E-state index contributed by atoms with van der Waals surface area (Å²) < 4.78 is 16.4. The standard InChI is InChI=1S/C25H33NO5/c1-19(27)30-17-16-25(21-10-8-7-9-11-21,23(28)31-24(2,3)4)26(5)18-20-12-14-22(29-6)15-13-20/h7-15H,16-18H2,1-6H3. The van der Waals surface area contributed by atoms with Gasteiger partial charge in [-0.25, -0.2) is 4.79 Å². The van der Waals surface area contributed by atoms with Crippen molar-refractivity contribution in [3.05, 3.63) is 65.7 Å². The van der Waals surface area contributed by atoms with Gasteiger partial charge in [-0.2, -0.15) is 0 Å². The highest BCUT2D eigenvalue weighted by molar-refractivity contribution is 5.83. The molecule has 0 radical (unpaired) electrons. The first-order chi connectivity index (χ1) is 14.6. The number of nitrogens with zero attached hydrogens (tertiary/aromatic N) is 1. The highest BCUT2D eigenvalue weighted by Gasteiger charge is 2.47. The molecule has 6 heteroatoms. The highest BCUT2D eigenvalue weighted by atomic mass is 16.6. The number of methoxy groups -OCH3 is 1. The number of hydrogen-bond donors (Lipinski definition) is 0. The molecular weight excluding hydrogens is 394 g/mol. The van der Waals surface area contributed by atoms with E-state index in [1.807, 2.05) is 87.3 Å². The second kappa shape index (κ2) is 10.4. The molecule has 0 aliphatic carbocycles. The molecule has 6 nitrogen and oxygen atoms in total. The van der Waals surface area contributed by atoms with Crippen LogP contribution in [0, 0.1) is 0 Å². The van der Waals surface area contributed by atoms with Crippen LogP contribution in [0.2, 0.25) is 0 Å². The molecular formula is C25H33NO5. The van der Waals surface area contributed by atoms with Gasteiger partial charge in [0, 0.05) is 19.9 Å². The van der Waals surface area contributed by atoms with E-state index in [0.717, 1.165) is 16.9 Å². The van der Waals surface area contributed by atoms with Crippen LogP contribution < -0.4 is 4.74 Å². The molecule has 0 saturated heterocycles.